The number of aliphatic carboxylic acids is 1. The van der Waals surface area contributed by atoms with Crippen molar-refractivity contribution in [1.29, 1.82) is 0 Å². The second kappa shape index (κ2) is 8.67. The molecule has 2 rings (SSSR count). The first kappa shape index (κ1) is 19.0. The molecule has 1 atom stereocenters. The van der Waals surface area contributed by atoms with Gasteiger partial charge in [-0.15, -0.1) is 0 Å². The number of ether oxygens (including phenoxy) is 1. The predicted octanol–water partition coefficient (Wildman–Crippen LogP) is 3.43. The van der Waals surface area contributed by atoms with Crippen LogP contribution in [0.2, 0.25) is 0 Å². The average molecular weight is 362 g/mol. The van der Waals surface area contributed by atoms with Gasteiger partial charge in [0.25, 0.3) is 0 Å². The van der Waals surface area contributed by atoms with Gasteiger partial charge in [0.15, 0.2) is 15.1 Å². The monoisotopic (exact) mass is 362 g/mol. The second-order valence-electron chi connectivity index (χ2n) is 5.84. The number of rotatable bonds is 9. The summed E-state index contributed by atoms with van der Waals surface area (Å²) in [5, 5.41) is 7.79. The van der Waals surface area contributed by atoms with Gasteiger partial charge in [0.1, 0.15) is 12.4 Å². The van der Waals surface area contributed by atoms with E-state index in [-0.39, 0.29) is 12.2 Å². The van der Waals surface area contributed by atoms with E-state index in [4.69, 9.17) is 9.84 Å². The first-order valence-electron chi connectivity index (χ1n) is 8.12. The fourth-order valence-electron chi connectivity index (χ4n) is 2.47. The van der Waals surface area contributed by atoms with Crippen LogP contribution in [0.3, 0.4) is 0 Å². The molecule has 0 aliphatic carbocycles. The van der Waals surface area contributed by atoms with Crippen molar-refractivity contribution in [2.45, 2.75) is 37.4 Å². The number of carboxylic acids is 1. The van der Waals surface area contributed by atoms with Crippen molar-refractivity contribution in [2.24, 2.45) is 0 Å². The summed E-state index contributed by atoms with van der Waals surface area (Å²) in [5.74, 6) is -0.943. The zero-order valence-electron chi connectivity index (χ0n) is 14.1. The number of carbonyl (C=O) groups is 1. The van der Waals surface area contributed by atoms with Gasteiger partial charge in [0, 0.05) is 0 Å². The van der Waals surface area contributed by atoms with E-state index in [1.165, 1.54) is 0 Å². The van der Waals surface area contributed by atoms with Crippen LogP contribution in [0.25, 0.3) is 0 Å². The van der Waals surface area contributed by atoms with Crippen LogP contribution in [0.15, 0.2) is 54.6 Å². The summed E-state index contributed by atoms with van der Waals surface area (Å²) in [5.41, 5.74) is 1.59. The number of benzene rings is 2. The van der Waals surface area contributed by atoms with Crippen LogP contribution in [0, 0.1) is 0 Å². The molecule has 0 spiro atoms. The van der Waals surface area contributed by atoms with Gasteiger partial charge in [-0.2, -0.15) is 0 Å². The summed E-state index contributed by atoms with van der Waals surface area (Å²) in [7, 11) is -3.75. The first-order chi connectivity index (χ1) is 11.9. The van der Waals surface area contributed by atoms with Crippen LogP contribution in [0.5, 0.6) is 5.75 Å². The smallest absolute Gasteiger partial charge is 0.321 e. The van der Waals surface area contributed by atoms with E-state index in [2.05, 4.69) is 0 Å². The Balaban J connectivity index is 2.00. The molecule has 0 aliphatic heterocycles. The number of carboxylic acid groups (broad SMARTS) is 1. The molecule has 0 heterocycles. The molecule has 25 heavy (non-hydrogen) atoms. The van der Waals surface area contributed by atoms with Gasteiger partial charge in [-0.05, 0) is 29.7 Å². The lowest BCUT2D eigenvalue weighted by Gasteiger charge is -2.13. The molecule has 2 aromatic carbocycles. The molecule has 0 saturated carbocycles. The van der Waals surface area contributed by atoms with Crippen molar-refractivity contribution in [3.8, 4) is 5.75 Å². The van der Waals surface area contributed by atoms with Crippen molar-refractivity contribution in [3.05, 3.63) is 65.7 Å². The molecule has 5 nitrogen and oxygen atoms in total. The second-order valence-corrected chi connectivity index (χ2v) is 8.02. The highest BCUT2D eigenvalue weighted by molar-refractivity contribution is 7.92. The summed E-state index contributed by atoms with van der Waals surface area (Å²) in [4.78, 5) is 11.2. The fraction of sp³-hybridized carbons (Fsp3) is 0.316. The minimum atomic E-state index is -3.75. The molecule has 134 valence electrons. The number of sulfone groups is 1. The van der Waals surface area contributed by atoms with Gasteiger partial charge in [-0.3, -0.25) is 4.79 Å². The van der Waals surface area contributed by atoms with E-state index < -0.39 is 21.1 Å². The van der Waals surface area contributed by atoms with Gasteiger partial charge in [0.05, 0.1) is 5.75 Å². The predicted molar refractivity (Wildman–Crippen MR) is 96.2 cm³/mol. The standard InChI is InChI=1S/C19H22O5S/c1-2-6-18(19(20)21)25(22,23)14-16-9-11-17(12-10-16)24-13-15-7-4-3-5-8-15/h3-5,7-12,18H,2,6,13-14H2,1H3,(H,20,21). The quantitative estimate of drug-likeness (QED) is 0.739. The molecule has 2 aromatic rings. The van der Waals surface area contributed by atoms with Crippen LogP contribution in [-0.4, -0.2) is 24.7 Å². The molecule has 0 bridgehead atoms. The summed E-state index contributed by atoms with van der Waals surface area (Å²) in [6, 6.07) is 16.4. The summed E-state index contributed by atoms with van der Waals surface area (Å²) in [6.45, 7) is 2.19. The van der Waals surface area contributed by atoms with Crippen LogP contribution >= 0.6 is 0 Å². The maximum Gasteiger partial charge on any atom is 0.321 e. The molecular formula is C19H22O5S. The number of hydrogen-bond acceptors (Lipinski definition) is 4. The third-order valence-electron chi connectivity index (χ3n) is 3.80. The van der Waals surface area contributed by atoms with Gasteiger partial charge >= 0.3 is 5.97 Å². The van der Waals surface area contributed by atoms with Crippen molar-refractivity contribution in [1.82, 2.24) is 0 Å². The molecule has 0 radical (unpaired) electrons. The average Bonchev–Trinajstić information content (AvgIpc) is 2.59. The Hall–Kier alpha value is -2.34. The third kappa shape index (κ3) is 5.60. The van der Waals surface area contributed by atoms with Crippen LogP contribution in [-0.2, 0) is 27.0 Å². The van der Waals surface area contributed by atoms with Crippen molar-refractivity contribution < 1.29 is 23.1 Å². The number of hydrogen-bond donors (Lipinski definition) is 1. The molecule has 0 aromatic heterocycles. The Labute approximate surface area is 148 Å². The highest BCUT2D eigenvalue weighted by atomic mass is 32.2. The zero-order valence-corrected chi connectivity index (χ0v) is 14.9. The van der Waals surface area contributed by atoms with E-state index >= 15 is 0 Å². The van der Waals surface area contributed by atoms with Gasteiger partial charge in [-0.1, -0.05) is 55.8 Å². The van der Waals surface area contributed by atoms with E-state index in [0.717, 1.165) is 5.56 Å². The van der Waals surface area contributed by atoms with Gasteiger partial charge in [0.2, 0.25) is 0 Å². The van der Waals surface area contributed by atoms with Crippen LogP contribution < -0.4 is 4.74 Å². The van der Waals surface area contributed by atoms with Crippen LogP contribution in [0.4, 0.5) is 0 Å². The SMILES string of the molecule is CCCC(C(=O)O)S(=O)(=O)Cc1ccc(OCc2ccccc2)cc1. The molecule has 0 amide bonds. The topological polar surface area (TPSA) is 80.7 Å². The van der Waals surface area contributed by atoms with E-state index in [1.54, 1.807) is 31.2 Å². The van der Waals surface area contributed by atoms with Crippen molar-refractivity contribution in [3.63, 3.8) is 0 Å². The molecule has 0 saturated heterocycles. The fourth-order valence-corrected chi connectivity index (χ4v) is 4.23. The summed E-state index contributed by atoms with van der Waals surface area (Å²) >= 11 is 0. The molecule has 1 N–H and O–H groups in total. The molecule has 0 aliphatic rings. The lowest BCUT2D eigenvalue weighted by Crippen LogP contribution is -2.31. The Bertz CT molecular complexity index is 782. The third-order valence-corrected chi connectivity index (χ3v) is 5.84. The first-order valence-corrected chi connectivity index (χ1v) is 9.84. The highest BCUT2D eigenvalue weighted by Crippen LogP contribution is 2.19. The van der Waals surface area contributed by atoms with Gasteiger partial charge in [-0.25, -0.2) is 8.42 Å². The largest absolute Gasteiger partial charge is 0.489 e. The zero-order chi connectivity index (χ0) is 18.3. The molecule has 6 heteroatoms. The summed E-state index contributed by atoms with van der Waals surface area (Å²) < 4.78 is 30.3. The maximum absolute atomic E-state index is 12.3. The van der Waals surface area contributed by atoms with E-state index in [9.17, 15) is 13.2 Å². The Kier molecular flexibility index (Phi) is 6.58. The minimum absolute atomic E-state index is 0.121. The maximum atomic E-state index is 12.3. The highest BCUT2D eigenvalue weighted by Gasteiger charge is 2.31. The van der Waals surface area contributed by atoms with Crippen molar-refractivity contribution >= 4 is 15.8 Å². The molecular weight excluding hydrogens is 340 g/mol. The molecule has 1 unspecified atom stereocenters. The summed E-state index contributed by atoms with van der Waals surface area (Å²) in [6.07, 6.45) is 0.623. The lowest BCUT2D eigenvalue weighted by atomic mass is 10.2. The van der Waals surface area contributed by atoms with E-state index in [1.807, 2.05) is 30.3 Å². The normalized spacial score (nSPS) is 12.5. The van der Waals surface area contributed by atoms with E-state index in [0.29, 0.717) is 24.3 Å². The minimum Gasteiger partial charge on any atom is -0.489 e. The lowest BCUT2D eigenvalue weighted by molar-refractivity contribution is -0.136. The molecule has 0 fully saturated rings. The Morgan fingerprint density at radius 1 is 1.04 bits per heavy atom. The van der Waals surface area contributed by atoms with Crippen LogP contribution in [0.1, 0.15) is 30.9 Å². The Morgan fingerprint density at radius 2 is 1.68 bits per heavy atom. The van der Waals surface area contributed by atoms with Gasteiger partial charge < -0.3 is 9.84 Å². The Morgan fingerprint density at radius 3 is 2.24 bits per heavy atom. The van der Waals surface area contributed by atoms with Crippen molar-refractivity contribution in [2.75, 3.05) is 0 Å².